The summed E-state index contributed by atoms with van der Waals surface area (Å²) < 4.78 is 10.3. The van der Waals surface area contributed by atoms with Crippen molar-refractivity contribution in [1.82, 2.24) is 0 Å². The predicted molar refractivity (Wildman–Crippen MR) is 69.0 cm³/mol. The van der Waals surface area contributed by atoms with Crippen molar-refractivity contribution in [1.29, 1.82) is 0 Å². The van der Waals surface area contributed by atoms with E-state index in [9.17, 15) is 4.79 Å². The maximum Gasteiger partial charge on any atom is 0.411 e. The maximum atomic E-state index is 11.3. The minimum absolute atomic E-state index is 0.0145. The van der Waals surface area contributed by atoms with Crippen LogP contribution in [0.25, 0.3) is 0 Å². The quantitative estimate of drug-likeness (QED) is 0.845. The van der Waals surface area contributed by atoms with Gasteiger partial charge in [-0.25, -0.2) is 4.79 Å². The average Bonchev–Trinajstić information content (AvgIpc) is 2.29. The Bertz CT molecular complexity index is 404. The second-order valence-corrected chi connectivity index (χ2v) is 4.13. The number of amides is 1. The molecule has 0 radical (unpaired) electrons. The van der Waals surface area contributed by atoms with Crippen LogP contribution < -0.4 is 10.1 Å². The largest absolute Gasteiger partial charge is 0.491 e. The highest BCUT2D eigenvalue weighted by Crippen LogP contribution is 2.22. The molecule has 0 aliphatic rings. The summed E-state index contributed by atoms with van der Waals surface area (Å²) in [6, 6.07) is 5.39. The second kappa shape index (κ2) is 6.86. The van der Waals surface area contributed by atoms with E-state index >= 15 is 0 Å². The Morgan fingerprint density at radius 1 is 1.44 bits per heavy atom. The normalized spacial score (nSPS) is 10.3. The van der Waals surface area contributed by atoms with Crippen LogP contribution in [0.1, 0.15) is 19.4 Å². The van der Waals surface area contributed by atoms with E-state index in [1.807, 2.05) is 26.8 Å². The summed E-state index contributed by atoms with van der Waals surface area (Å²) in [4.78, 5) is 11.3. The Morgan fingerprint density at radius 2 is 2.17 bits per heavy atom. The highest BCUT2D eigenvalue weighted by Gasteiger charge is 2.07. The number of anilines is 1. The Hall–Kier alpha value is -1.75. The molecule has 0 bridgehead atoms. The van der Waals surface area contributed by atoms with E-state index in [1.165, 1.54) is 0 Å². The van der Waals surface area contributed by atoms with Crippen LogP contribution in [0.5, 0.6) is 5.75 Å². The number of carbonyl (C=O) groups is 1. The standard InChI is InChI=1S/C13H19NO4/c1-9(2)18-11-4-5-12(10(3)8-11)14-13(16)17-7-6-15/h4-5,8-9,15H,6-7H2,1-3H3,(H,14,16). The van der Waals surface area contributed by atoms with Crippen molar-refractivity contribution in [3.05, 3.63) is 23.8 Å². The molecule has 5 nitrogen and oxygen atoms in total. The van der Waals surface area contributed by atoms with E-state index in [1.54, 1.807) is 12.1 Å². The fraction of sp³-hybridized carbons (Fsp3) is 0.462. The molecule has 0 aliphatic heterocycles. The highest BCUT2D eigenvalue weighted by atomic mass is 16.6. The molecule has 1 rings (SSSR count). The number of benzene rings is 1. The minimum atomic E-state index is -0.579. The van der Waals surface area contributed by atoms with Crippen molar-refractivity contribution in [3.8, 4) is 5.75 Å². The van der Waals surface area contributed by atoms with Crippen molar-refractivity contribution in [3.63, 3.8) is 0 Å². The lowest BCUT2D eigenvalue weighted by molar-refractivity contribution is 0.131. The SMILES string of the molecule is Cc1cc(OC(C)C)ccc1NC(=O)OCCO. The summed E-state index contributed by atoms with van der Waals surface area (Å²) in [7, 11) is 0. The number of aliphatic hydroxyl groups excluding tert-OH is 1. The van der Waals surface area contributed by atoms with E-state index in [0.29, 0.717) is 5.69 Å². The maximum absolute atomic E-state index is 11.3. The van der Waals surface area contributed by atoms with E-state index < -0.39 is 6.09 Å². The first kappa shape index (κ1) is 14.3. The molecule has 2 N–H and O–H groups in total. The zero-order valence-corrected chi connectivity index (χ0v) is 10.9. The molecule has 1 aromatic carbocycles. The third-order valence-corrected chi connectivity index (χ3v) is 2.13. The molecule has 0 saturated carbocycles. The van der Waals surface area contributed by atoms with Crippen molar-refractivity contribution >= 4 is 11.8 Å². The third-order valence-electron chi connectivity index (χ3n) is 2.13. The molecule has 0 aliphatic carbocycles. The lowest BCUT2D eigenvalue weighted by atomic mass is 10.2. The molecule has 1 amide bonds. The lowest BCUT2D eigenvalue weighted by Crippen LogP contribution is -2.16. The summed E-state index contributed by atoms with van der Waals surface area (Å²) in [5.74, 6) is 0.761. The number of nitrogens with one attached hydrogen (secondary N) is 1. The molecule has 0 spiro atoms. The first-order chi connectivity index (χ1) is 8.52. The molecule has 0 atom stereocenters. The zero-order valence-electron chi connectivity index (χ0n) is 10.9. The number of ether oxygens (including phenoxy) is 2. The predicted octanol–water partition coefficient (Wildman–Crippen LogP) is 2.32. The van der Waals surface area contributed by atoms with E-state index in [4.69, 9.17) is 14.6 Å². The monoisotopic (exact) mass is 253 g/mol. The van der Waals surface area contributed by atoms with E-state index in [-0.39, 0.29) is 19.3 Å². The van der Waals surface area contributed by atoms with Gasteiger partial charge >= 0.3 is 6.09 Å². The Morgan fingerprint density at radius 3 is 2.72 bits per heavy atom. The van der Waals surface area contributed by atoms with Crippen molar-refractivity contribution in [2.75, 3.05) is 18.5 Å². The van der Waals surface area contributed by atoms with Gasteiger partial charge in [-0.1, -0.05) is 0 Å². The van der Waals surface area contributed by atoms with Crippen LogP contribution in [0.4, 0.5) is 10.5 Å². The smallest absolute Gasteiger partial charge is 0.411 e. The molecule has 0 unspecified atom stereocenters. The summed E-state index contributed by atoms with van der Waals surface area (Å²) in [6.07, 6.45) is -0.470. The molecule has 1 aromatic rings. The zero-order chi connectivity index (χ0) is 13.5. The number of aryl methyl sites for hydroxylation is 1. The van der Waals surface area contributed by atoms with Gasteiger partial charge in [0.2, 0.25) is 0 Å². The van der Waals surface area contributed by atoms with Gasteiger partial charge in [0.05, 0.1) is 12.7 Å². The average molecular weight is 253 g/mol. The number of carbonyl (C=O) groups excluding carboxylic acids is 1. The lowest BCUT2D eigenvalue weighted by Gasteiger charge is -2.13. The van der Waals surface area contributed by atoms with Crippen molar-refractivity contribution in [2.24, 2.45) is 0 Å². The first-order valence-corrected chi connectivity index (χ1v) is 5.85. The fourth-order valence-electron chi connectivity index (χ4n) is 1.41. The van der Waals surface area contributed by atoms with Gasteiger partial charge in [0.25, 0.3) is 0 Å². The minimum Gasteiger partial charge on any atom is -0.491 e. The number of hydrogen-bond acceptors (Lipinski definition) is 4. The Kier molecular flexibility index (Phi) is 5.45. The van der Waals surface area contributed by atoms with E-state index in [0.717, 1.165) is 11.3 Å². The topological polar surface area (TPSA) is 67.8 Å². The highest BCUT2D eigenvalue weighted by molar-refractivity contribution is 5.85. The molecule has 0 heterocycles. The van der Waals surface area contributed by atoms with Crippen molar-refractivity contribution < 1.29 is 19.4 Å². The van der Waals surface area contributed by atoms with Gasteiger partial charge in [-0.15, -0.1) is 0 Å². The molecule has 0 aromatic heterocycles. The number of rotatable bonds is 5. The molecule has 100 valence electrons. The van der Waals surface area contributed by atoms with Crippen LogP contribution in [-0.4, -0.2) is 30.5 Å². The number of aliphatic hydroxyl groups is 1. The van der Waals surface area contributed by atoms with Crippen molar-refractivity contribution in [2.45, 2.75) is 26.9 Å². The summed E-state index contributed by atoms with van der Waals surface area (Å²) >= 11 is 0. The fourth-order valence-corrected chi connectivity index (χ4v) is 1.41. The molecule has 18 heavy (non-hydrogen) atoms. The van der Waals surface area contributed by atoms with Crippen LogP contribution in [0.15, 0.2) is 18.2 Å². The van der Waals surface area contributed by atoms with Crippen LogP contribution >= 0.6 is 0 Å². The van der Waals surface area contributed by atoms with Gasteiger partial charge in [-0.2, -0.15) is 0 Å². The van der Waals surface area contributed by atoms with Crippen LogP contribution in [0.2, 0.25) is 0 Å². The van der Waals surface area contributed by atoms with Gasteiger partial charge in [-0.05, 0) is 44.5 Å². The Labute approximate surface area is 107 Å². The molecule has 5 heteroatoms. The summed E-state index contributed by atoms with van der Waals surface area (Å²) in [6.45, 7) is 5.57. The van der Waals surface area contributed by atoms with Gasteiger partial charge in [0.15, 0.2) is 0 Å². The molecule has 0 saturated heterocycles. The first-order valence-electron chi connectivity index (χ1n) is 5.85. The van der Waals surface area contributed by atoms with Crippen LogP contribution in [-0.2, 0) is 4.74 Å². The Balaban J connectivity index is 2.64. The molecular formula is C13H19NO4. The van der Waals surface area contributed by atoms with E-state index in [2.05, 4.69) is 5.32 Å². The van der Waals surface area contributed by atoms with Gasteiger partial charge in [-0.3, -0.25) is 5.32 Å². The summed E-state index contributed by atoms with van der Waals surface area (Å²) in [5, 5.41) is 11.1. The van der Waals surface area contributed by atoms with Gasteiger partial charge < -0.3 is 14.6 Å². The third kappa shape index (κ3) is 4.63. The number of hydrogen-bond donors (Lipinski definition) is 2. The molecular weight excluding hydrogens is 234 g/mol. The van der Waals surface area contributed by atoms with Gasteiger partial charge in [0.1, 0.15) is 12.4 Å². The molecule has 0 fully saturated rings. The summed E-state index contributed by atoms with van der Waals surface area (Å²) in [5.41, 5.74) is 1.54. The second-order valence-electron chi connectivity index (χ2n) is 4.13. The van der Waals surface area contributed by atoms with Crippen LogP contribution in [0.3, 0.4) is 0 Å². The van der Waals surface area contributed by atoms with Crippen LogP contribution in [0, 0.1) is 6.92 Å². The van der Waals surface area contributed by atoms with Gasteiger partial charge in [0, 0.05) is 5.69 Å².